The first-order valence-electron chi connectivity index (χ1n) is 6.19. The predicted molar refractivity (Wildman–Crippen MR) is 71.7 cm³/mol. The Labute approximate surface area is 125 Å². The van der Waals surface area contributed by atoms with Crippen LogP contribution in [0.1, 0.15) is 28.8 Å². The van der Waals surface area contributed by atoms with Gasteiger partial charge in [0.15, 0.2) is 0 Å². The van der Waals surface area contributed by atoms with E-state index in [0.29, 0.717) is 18.1 Å². The van der Waals surface area contributed by atoms with Gasteiger partial charge in [-0.2, -0.15) is 13.2 Å². The summed E-state index contributed by atoms with van der Waals surface area (Å²) in [6.45, 7) is 0.168. The summed E-state index contributed by atoms with van der Waals surface area (Å²) in [6, 6.07) is 1.54. The molecule has 0 spiro atoms. The molecule has 8 heteroatoms. The summed E-state index contributed by atoms with van der Waals surface area (Å²) in [4.78, 5) is 11.7. The monoisotopic (exact) mass is 326 g/mol. The summed E-state index contributed by atoms with van der Waals surface area (Å²) in [5.41, 5.74) is 4.22. The molecule has 0 bridgehead atoms. The first-order chi connectivity index (χ1) is 9.27. The Morgan fingerprint density at radius 1 is 1.33 bits per heavy atom. The fraction of sp³-hybridized carbons (Fsp3) is 0.462. The molecule has 3 nitrogen and oxygen atoms in total. The molecule has 1 aromatic rings. The lowest BCUT2D eigenvalue weighted by Crippen LogP contribution is -2.38. The molecule has 21 heavy (non-hydrogen) atoms. The molecule has 2 rings (SSSR count). The van der Waals surface area contributed by atoms with Crippen LogP contribution in [0.3, 0.4) is 0 Å². The molecule has 1 amide bonds. The van der Waals surface area contributed by atoms with Crippen molar-refractivity contribution < 1.29 is 22.4 Å². The summed E-state index contributed by atoms with van der Waals surface area (Å²) in [5.74, 6) is -1.50. The highest BCUT2D eigenvalue weighted by atomic mass is 35.5. The molecule has 1 aromatic carbocycles. The minimum absolute atomic E-state index is 0. The third-order valence-electron chi connectivity index (χ3n) is 3.21. The van der Waals surface area contributed by atoms with E-state index in [1.54, 1.807) is 0 Å². The van der Waals surface area contributed by atoms with Crippen LogP contribution in [-0.4, -0.2) is 18.5 Å². The zero-order chi connectivity index (χ0) is 14.9. The van der Waals surface area contributed by atoms with Gasteiger partial charge in [-0.1, -0.05) is 0 Å². The molecule has 1 atom stereocenters. The summed E-state index contributed by atoms with van der Waals surface area (Å²) in [6.07, 6.45) is -2.70. The molecule has 0 saturated heterocycles. The number of hydrogen-bond acceptors (Lipinski definition) is 2. The van der Waals surface area contributed by atoms with Crippen LogP contribution in [0.5, 0.6) is 0 Å². The molecule has 0 heterocycles. The molecule has 3 N–H and O–H groups in total. The molecular weight excluding hydrogens is 312 g/mol. The second kappa shape index (κ2) is 6.62. The van der Waals surface area contributed by atoms with Crippen molar-refractivity contribution in [2.24, 2.45) is 11.7 Å². The number of carbonyl (C=O) groups is 1. The quantitative estimate of drug-likeness (QED) is 0.836. The third kappa shape index (κ3) is 4.86. The molecule has 0 aliphatic heterocycles. The number of hydrogen-bond donors (Lipinski definition) is 2. The molecule has 1 aliphatic carbocycles. The number of carbonyl (C=O) groups excluding carboxylic acids is 1. The third-order valence-corrected chi connectivity index (χ3v) is 3.21. The second-order valence-electron chi connectivity index (χ2n) is 4.94. The van der Waals surface area contributed by atoms with E-state index in [1.165, 1.54) is 0 Å². The van der Waals surface area contributed by atoms with Crippen LogP contribution < -0.4 is 11.1 Å². The average molecular weight is 327 g/mol. The molecule has 118 valence electrons. The maximum absolute atomic E-state index is 13.2. The number of alkyl halides is 3. The largest absolute Gasteiger partial charge is 0.416 e. The number of halogens is 5. The Kier molecular flexibility index (Phi) is 5.58. The van der Waals surface area contributed by atoms with E-state index in [2.05, 4.69) is 5.32 Å². The number of benzene rings is 1. The molecule has 1 aliphatic rings. The van der Waals surface area contributed by atoms with Crippen molar-refractivity contribution in [2.45, 2.75) is 25.1 Å². The zero-order valence-electron chi connectivity index (χ0n) is 10.9. The number of rotatable bonds is 4. The first-order valence-corrected chi connectivity index (χ1v) is 6.19. The van der Waals surface area contributed by atoms with Crippen molar-refractivity contribution in [3.8, 4) is 0 Å². The van der Waals surface area contributed by atoms with Crippen molar-refractivity contribution in [1.29, 1.82) is 0 Å². The topological polar surface area (TPSA) is 55.1 Å². The summed E-state index contributed by atoms with van der Waals surface area (Å²) in [5, 5.41) is 2.43. The normalized spacial score (nSPS) is 16.0. The van der Waals surface area contributed by atoms with Gasteiger partial charge < -0.3 is 11.1 Å². The highest BCUT2D eigenvalue weighted by Gasteiger charge is 2.32. The van der Waals surface area contributed by atoms with E-state index in [4.69, 9.17) is 5.73 Å². The molecule has 0 aromatic heterocycles. The van der Waals surface area contributed by atoms with Gasteiger partial charge in [-0.05, 0) is 37.0 Å². The second-order valence-corrected chi connectivity index (χ2v) is 4.94. The van der Waals surface area contributed by atoms with Crippen LogP contribution in [-0.2, 0) is 6.18 Å². The van der Waals surface area contributed by atoms with Crippen molar-refractivity contribution >= 4 is 18.3 Å². The number of nitrogens with one attached hydrogen (secondary N) is 1. The maximum atomic E-state index is 13.2. The number of amides is 1. The van der Waals surface area contributed by atoms with E-state index in [1.807, 2.05) is 0 Å². The van der Waals surface area contributed by atoms with Gasteiger partial charge in [0.05, 0.1) is 5.56 Å². The van der Waals surface area contributed by atoms with Crippen LogP contribution in [0.25, 0.3) is 0 Å². The highest BCUT2D eigenvalue weighted by molar-refractivity contribution is 5.94. The Hall–Kier alpha value is -1.34. The Morgan fingerprint density at radius 3 is 2.48 bits per heavy atom. The van der Waals surface area contributed by atoms with E-state index < -0.39 is 23.5 Å². The van der Waals surface area contributed by atoms with Gasteiger partial charge in [0.1, 0.15) is 5.82 Å². The van der Waals surface area contributed by atoms with Crippen LogP contribution in [0, 0.1) is 11.7 Å². The lowest BCUT2D eigenvalue weighted by Gasteiger charge is -2.13. The maximum Gasteiger partial charge on any atom is 0.416 e. The number of nitrogens with two attached hydrogens (primary N) is 1. The lowest BCUT2D eigenvalue weighted by atomic mass is 10.1. The molecule has 0 radical (unpaired) electrons. The molecule has 1 fully saturated rings. The molecule has 1 unspecified atom stereocenters. The minimum Gasteiger partial charge on any atom is -0.350 e. The highest BCUT2D eigenvalue weighted by Crippen LogP contribution is 2.31. The van der Waals surface area contributed by atoms with E-state index in [9.17, 15) is 22.4 Å². The average Bonchev–Trinajstić information content (AvgIpc) is 3.17. The SMILES string of the molecule is Cl.NC(CNC(=O)c1cc(F)cc(C(F)(F)F)c1)C1CC1. The minimum atomic E-state index is -4.69. The van der Waals surface area contributed by atoms with Crippen molar-refractivity contribution in [2.75, 3.05) is 6.54 Å². The van der Waals surface area contributed by atoms with E-state index >= 15 is 0 Å². The predicted octanol–water partition coefficient (Wildman–Crippen LogP) is 2.73. The summed E-state index contributed by atoms with van der Waals surface area (Å²) in [7, 11) is 0. The molecular formula is C13H15ClF4N2O. The first kappa shape index (κ1) is 17.7. The Morgan fingerprint density at radius 2 is 1.95 bits per heavy atom. The Balaban J connectivity index is 0.00000220. The van der Waals surface area contributed by atoms with Gasteiger partial charge in [0.25, 0.3) is 5.91 Å². The van der Waals surface area contributed by atoms with Gasteiger partial charge in [0, 0.05) is 18.2 Å². The van der Waals surface area contributed by atoms with E-state index in [0.717, 1.165) is 18.9 Å². The summed E-state index contributed by atoms with van der Waals surface area (Å²) < 4.78 is 50.7. The van der Waals surface area contributed by atoms with Crippen molar-refractivity contribution in [3.63, 3.8) is 0 Å². The van der Waals surface area contributed by atoms with E-state index in [-0.39, 0.29) is 30.6 Å². The Bertz CT molecular complexity index is 517. The summed E-state index contributed by atoms with van der Waals surface area (Å²) >= 11 is 0. The van der Waals surface area contributed by atoms with Crippen molar-refractivity contribution in [1.82, 2.24) is 5.32 Å². The van der Waals surface area contributed by atoms with Crippen LogP contribution in [0.2, 0.25) is 0 Å². The van der Waals surface area contributed by atoms with Gasteiger partial charge in [-0.25, -0.2) is 4.39 Å². The molecule has 1 saturated carbocycles. The van der Waals surface area contributed by atoms with Crippen LogP contribution in [0.4, 0.5) is 17.6 Å². The van der Waals surface area contributed by atoms with Gasteiger partial charge in [0.2, 0.25) is 0 Å². The van der Waals surface area contributed by atoms with Crippen LogP contribution in [0.15, 0.2) is 18.2 Å². The van der Waals surface area contributed by atoms with Crippen molar-refractivity contribution in [3.05, 3.63) is 35.1 Å². The van der Waals surface area contributed by atoms with Gasteiger partial charge in [-0.15, -0.1) is 12.4 Å². The lowest BCUT2D eigenvalue weighted by molar-refractivity contribution is -0.137. The smallest absolute Gasteiger partial charge is 0.350 e. The zero-order valence-corrected chi connectivity index (χ0v) is 11.7. The fourth-order valence-electron chi connectivity index (χ4n) is 1.89. The standard InChI is InChI=1S/C13H14F4N2O.ClH/c14-10-4-8(3-9(5-10)13(15,16)17)12(20)19-6-11(18)7-1-2-7;/h3-5,7,11H,1-2,6,18H2,(H,19,20);1H. The van der Waals surface area contributed by atoms with Gasteiger partial charge in [-0.3, -0.25) is 4.79 Å². The fourth-order valence-corrected chi connectivity index (χ4v) is 1.89. The van der Waals surface area contributed by atoms with Crippen LogP contribution >= 0.6 is 12.4 Å². The van der Waals surface area contributed by atoms with Gasteiger partial charge >= 0.3 is 6.18 Å².